The predicted molar refractivity (Wildman–Crippen MR) is 82.3 cm³/mol. The SMILES string of the molecule is CC(C)[C@H](N)C(=O)OCCOCn1c(N)nc2nc[nH]c2c1=O. The minimum absolute atomic E-state index is 0.00555. The molecule has 0 aromatic carbocycles. The Morgan fingerprint density at radius 1 is 1.43 bits per heavy atom. The Hall–Kier alpha value is -2.46. The number of nitrogens with one attached hydrogen (secondary N) is 1. The molecule has 2 aromatic rings. The van der Waals surface area contributed by atoms with Gasteiger partial charge in [-0.3, -0.25) is 14.2 Å². The number of aromatic nitrogens is 4. The van der Waals surface area contributed by atoms with Gasteiger partial charge in [-0.05, 0) is 5.92 Å². The number of esters is 1. The van der Waals surface area contributed by atoms with Crippen LogP contribution in [-0.4, -0.2) is 44.7 Å². The van der Waals surface area contributed by atoms with E-state index in [1.807, 2.05) is 13.8 Å². The van der Waals surface area contributed by atoms with E-state index in [0.717, 1.165) is 4.57 Å². The van der Waals surface area contributed by atoms with Crippen LogP contribution in [0, 0.1) is 5.92 Å². The Labute approximate surface area is 131 Å². The number of hydrogen-bond acceptors (Lipinski definition) is 8. The Morgan fingerprint density at radius 2 is 2.17 bits per heavy atom. The molecule has 23 heavy (non-hydrogen) atoms. The van der Waals surface area contributed by atoms with Crippen molar-refractivity contribution >= 4 is 23.1 Å². The van der Waals surface area contributed by atoms with Gasteiger partial charge in [0.1, 0.15) is 19.4 Å². The maximum absolute atomic E-state index is 12.1. The third kappa shape index (κ3) is 3.85. The van der Waals surface area contributed by atoms with Crippen LogP contribution in [0.4, 0.5) is 5.95 Å². The number of H-pyrrole nitrogens is 1. The number of anilines is 1. The number of fused-ring (bicyclic) bond motifs is 1. The van der Waals surface area contributed by atoms with Gasteiger partial charge in [-0.15, -0.1) is 0 Å². The van der Waals surface area contributed by atoms with E-state index in [4.69, 9.17) is 20.9 Å². The third-order valence-corrected chi connectivity index (χ3v) is 3.26. The molecule has 0 bridgehead atoms. The molecular formula is C13H20N6O4. The van der Waals surface area contributed by atoms with Crippen LogP contribution in [0.3, 0.4) is 0 Å². The Bertz CT molecular complexity index is 738. The Morgan fingerprint density at radius 3 is 2.87 bits per heavy atom. The Balaban J connectivity index is 1.85. The topological polar surface area (TPSA) is 151 Å². The van der Waals surface area contributed by atoms with Crippen molar-refractivity contribution in [1.29, 1.82) is 0 Å². The van der Waals surface area contributed by atoms with E-state index < -0.39 is 12.0 Å². The first kappa shape index (κ1) is 16.9. The average Bonchev–Trinajstić information content (AvgIpc) is 2.96. The fourth-order valence-electron chi connectivity index (χ4n) is 1.79. The van der Waals surface area contributed by atoms with E-state index in [9.17, 15) is 9.59 Å². The molecule has 0 amide bonds. The first-order valence-corrected chi connectivity index (χ1v) is 7.11. The summed E-state index contributed by atoms with van der Waals surface area (Å²) in [6, 6.07) is -0.666. The summed E-state index contributed by atoms with van der Waals surface area (Å²) in [5, 5.41) is 0. The maximum atomic E-state index is 12.1. The van der Waals surface area contributed by atoms with Gasteiger partial charge in [-0.25, -0.2) is 4.98 Å². The summed E-state index contributed by atoms with van der Waals surface area (Å²) in [7, 11) is 0. The number of nitrogens with zero attached hydrogens (tertiary/aromatic N) is 3. The molecule has 0 fully saturated rings. The molecule has 10 nitrogen and oxygen atoms in total. The molecule has 2 aromatic heterocycles. The first-order valence-electron chi connectivity index (χ1n) is 7.11. The van der Waals surface area contributed by atoms with Gasteiger partial charge in [0.05, 0.1) is 12.9 Å². The van der Waals surface area contributed by atoms with Crippen molar-refractivity contribution in [3.05, 3.63) is 16.7 Å². The quantitative estimate of drug-likeness (QED) is 0.442. The molecule has 2 rings (SSSR count). The third-order valence-electron chi connectivity index (χ3n) is 3.26. The highest BCUT2D eigenvalue weighted by atomic mass is 16.6. The number of nitrogens with two attached hydrogens (primary N) is 2. The molecular weight excluding hydrogens is 304 g/mol. The summed E-state index contributed by atoms with van der Waals surface area (Å²) in [5.41, 5.74) is 11.5. The van der Waals surface area contributed by atoms with E-state index in [0.29, 0.717) is 0 Å². The van der Waals surface area contributed by atoms with Crippen LogP contribution >= 0.6 is 0 Å². The zero-order valence-corrected chi connectivity index (χ0v) is 13.0. The molecule has 0 aliphatic heterocycles. The van der Waals surface area contributed by atoms with Crippen molar-refractivity contribution in [3.8, 4) is 0 Å². The molecule has 0 unspecified atom stereocenters. The van der Waals surface area contributed by atoms with Crippen LogP contribution in [0.1, 0.15) is 13.8 Å². The number of ether oxygens (including phenoxy) is 2. The molecule has 0 spiro atoms. The van der Waals surface area contributed by atoms with Gasteiger partial charge in [0.15, 0.2) is 11.2 Å². The predicted octanol–water partition coefficient (Wildman–Crippen LogP) is -0.798. The first-order chi connectivity index (χ1) is 10.9. The maximum Gasteiger partial charge on any atom is 0.323 e. The summed E-state index contributed by atoms with van der Waals surface area (Å²) >= 11 is 0. The van der Waals surface area contributed by atoms with Crippen molar-refractivity contribution < 1.29 is 14.3 Å². The van der Waals surface area contributed by atoms with Gasteiger partial charge < -0.3 is 25.9 Å². The minimum Gasteiger partial charge on any atom is -0.462 e. The molecule has 5 N–H and O–H groups in total. The van der Waals surface area contributed by atoms with Gasteiger partial charge in [0.2, 0.25) is 5.95 Å². The molecule has 2 heterocycles. The van der Waals surface area contributed by atoms with E-state index in [-0.39, 0.29) is 48.5 Å². The van der Waals surface area contributed by atoms with Crippen molar-refractivity contribution in [3.63, 3.8) is 0 Å². The van der Waals surface area contributed by atoms with Crippen LogP contribution in [0.15, 0.2) is 11.1 Å². The molecule has 0 radical (unpaired) electrons. The van der Waals surface area contributed by atoms with Gasteiger partial charge in [-0.1, -0.05) is 13.8 Å². The van der Waals surface area contributed by atoms with Crippen molar-refractivity contribution in [2.45, 2.75) is 26.6 Å². The lowest BCUT2D eigenvalue weighted by molar-refractivity contribution is -0.148. The molecule has 0 aliphatic carbocycles. The fourth-order valence-corrected chi connectivity index (χ4v) is 1.79. The number of imidazole rings is 1. The zero-order valence-electron chi connectivity index (χ0n) is 13.0. The summed E-state index contributed by atoms with van der Waals surface area (Å²) < 4.78 is 11.4. The van der Waals surface area contributed by atoms with Crippen molar-refractivity contribution in [2.75, 3.05) is 18.9 Å². The minimum atomic E-state index is -0.666. The molecule has 10 heteroatoms. The van der Waals surface area contributed by atoms with E-state index in [1.54, 1.807) is 0 Å². The van der Waals surface area contributed by atoms with Crippen molar-refractivity contribution in [1.82, 2.24) is 19.5 Å². The van der Waals surface area contributed by atoms with Crippen LogP contribution in [0.25, 0.3) is 11.2 Å². The molecule has 0 saturated heterocycles. The highest BCUT2D eigenvalue weighted by molar-refractivity contribution is 5.75. The van der Waals surface area contributed by atoms with Gasteiger partial charge in [0.25, 0.3) is 5.56 Å². The number of nitrogen functional groups attached to an aromatic ring is 1. The lowest BCUT2D eigenvalue weighted by Gasteiger charge is -2.14. The smallest absolute Gasteiger partial charge is 0.323 e. The second-order valence-corrected chi connectivity index (χ2v) is 5.28. The van der Waals surface area contributed by atoms with E-state index in [2.05, 4.69) is 15.0 Å². The van der Waals surface area contributed by atoms with Gasteiger partial charge in [0, 0.05) is 0 Å². The Kier molecular flexibility index (Phi) is 5.29. The summed E-state index contributed by atoms with van der Waals surface area (Å²) in [6.07, 6.45) is 1.36. The second kappa shape index (κ2) is 7.20. The normalized spacial score (nSPS) is 12.7. The van der Waals surface area contributed by atoms with Crippen LogP contribution < -0.4 is 17.0 Å². The fraction of sp³-hybridized carbons (Fsp3) is 0.538. The summed E-state index contributed by atoms with van der Waals surface area (Å²) in [4.78, 5) is 34.2. The van der Waals surface area contributed by atoms with Gasteiger partial charge in [-0.2, -0.15) is 4.98 Å². The lowest BCUT2D eigenvalue weighted by atomic mass is 10.1. The summed E-state index contributed by atoms with van der Waals surface area (Å²) in [6.45, 7) is 3.68. The summed E-state index contributed by atoms with van der Waals surface area (Å²) in [5.74, 6) is -0.497. The standard InChI is InChI=1S/C13H20N6O4/c1-7(2)8(14)12(21)23-4-3-22-6-19-11(20)9-10(17-5-16-9)18-13(19)15/h5,7-8H,3-4,6,14H2,1-2H3,(H2,15,18)(H,16,17)/t8-/m0/s1. The molecule has 126 valence electrons. The van der Waals surface area contributed by atoms with Crippen LogP contribution in [0.5, 0.6) is 0 Å². The number of carbonyl (C=O) groups excluding carboxylic acids is 1. The molecule has 1 atom stereocenters. The molecule has 0 aliphatic rings. The highest BCUT2D eigenvalue weighted by Crippen LogP contribution is 2.04. The largest absolute Gasteiger partial charge is 0.462 e. The highest BCUT2D eigenvalue weighted by Gasteiger charge is 2.18. The van der Waals surface area contributed by atoms with Crippen LogP contribution in [0.2, 0.25) is 0 Å². The number of aromatic amines is 1. The monoisotopic (exact) mass is 324 g/mol. The van der Waals surface area contributed by atoms with Crippen molar-refractivity contribution in [2.24, 2.45) is 11.7 Å². The average molecular weight is 324 g/mol. The number of hydrogen-bond donors (Lipinski definition) is 3. The zero-order chi connectivity index (χ0) is 17.0. The van der Waals surface area contributed by atoms with Gasteiger partial charge >= 0.3 is 5.97 Å². The van der Waals surface area contributed by atoms with E-state index >= 15 is 0 Å². The molecule has 0 saturated carbocycles. The lowest BCUT2D eigenvalue weighted by Crippen LogP contribution is -2.37. The number of rotatable bonds is 7. The number of carbonyl (C=O) groups is 1. The van der Waals surface area contributed by atoms with E-state index in [1.165, 1.54) is 6.33 Å². The van der Waals surface area contributed by atoms with Crippen LogP contribution in [-0.2, 0) is 21.0 Å². The second-order valence-electron chi connectivity index (χ2n) is 5.28.